The first-order chi connectivity index (χ1) is 11.8. The second-order valence-corrected chi connectivity index (χ2v) is 6.81. The Morgan fingerprint density at radius 3 is 2.64 bits per heavy atom. The maximum atomic E-state index is 11.6. The van der Waals surface area contributed by atoms with Crippen molar-refractivity contribution in [1.29, 1.82) is 0 Å². The molecule has 0 aliphatic carbocycles. The number of aryl methyl sites for hydroxylation is 1. The minimum atomic E-state index is -0.680. The molecule has 2 N–H and O–H groups in total. The number of halogens is 1. The van der Waals surface area contributed by atoms with Crippen molar-refractivity contribution in [2.45, 2.75) is 27.2 Å². The fourth-order valence-electron chi connectivity index (χ4n) is 1.79. The lowest BCUT2D eigenvalue weighted by Crippen LogP contribution is -2.41. The van der Waals surface area contributed by atoms with Crippen LogP contribution in [-0.4, -0.2) is 31.1 Å². The summed E-state index contributed by atoms with van der Waals surface area (Å²) in [5.74, 6) is -0.888. The number of urea groups is 1. The third kappa shape index (κ3) is 9.05. The average molecular weight is 411 g/mol. The highest BCUT2D eigenvalue weighted by molar-refractivity contribution is 9.10. The maximum Gasteiger partial charge on any atom is 0.331 e. The summed E-state index contributed by atoms with van der Waals surface area (Å²) in [7, 11) is 0. The van der Waals surface area contributed by atoms with Gasteiger partial charge in [0.25, 0.3) is 5.91 Å². The molecule has 0 radical (unpaired) electrons. The van der Waals surface area contributed by atoms with Gasteiger partial charge in [0, 0.05) is 17.1 Å². The monoisotopic (exact) mass is 410 g/mol. The topological polar surface area (TPSA) is 84.5 Å². The largest absolute Gasteiger partial charge is 0.452 e. The first-order valence-electron chi connectivity index (χ1n) is 7.96. The van der Waals surface area contributed by atoms with Crippen molar-refractivity contribution in [2.75, 3.05) is 13.2 Å². The predicted octanol–water partition coefficient (Wildman–Crippen LogP) is 3.19. The lowest BCUT2D eigenvalue weighted by Gasteiger charge is -2.08. The highest BCUT2D eigenvalue weighted by Gasteiger charge is 2.09. The van der Waals surface area contributed by atoms with Crippen LogP contribution in [0.15, 0.2) is 28.7 Å². The molecule has 0 spiro atoms. The minimum absolute atomic E-state index is 0.456. The Labute approximate surface area is 156 Å². The van der Waals surface area contributed by atoms with Gasteiger partial charge in [0.15, 0.2) is 6.61 Å². The lowest BCUT2D eigenvalue weighted by atomic mass is 10.1. The van der Waals surface area contributed by atoms with E-state index in [-0.39, 0.29) is 0 Å². The van der Waals surface area contributed by atoms with Gasteiger partial charge in [0.1, 0.15) is 0 Å². The number of rotatable bonds is 7. The van der Waals surface area contributed by atoms with E-state index in [9.17, 15) is 14.4 Å². The standard InChI is InChI=1S/C18H23BrN2O4/c1-12(2)8-9-20-18(24)21-16(22)11-25-17(23)7-6-14-5-4-13(3)10-15(14)19/h4-7,10,12H,8-9,11H2,1-3H3,(H2,20,21,22,24)/b7-6+. The van der Waals surface area contributed by atoms with Gasteiger partial charge < -0.3 is 10.1 Å². The lowest BCUT2D eigenvalue weighted by molar-refractivity contribution is -0.143. The molecule has 0 bridgehead atoms. The number of carbonyl (C=O) groups is 3. The average Bonchev–Trinajstić information content (AvgIpc) is 2.51. The fourth-order valence-corrected chi connectivity index (χ4v) is 2.42. The molecular formula is C18H23BrN2O4. The molecule has 0 saturated carbocycles. The number of amides is 3. The maximum absolute atomic E-state index is 11.6. The van der Waals surface area contributed by atoms with Gasteiger partial charge in [-0.1, -0.05) is 41.9 Å². The van der Waals surface area contributed by atoms with Gasteiger partial charge in [-0.2, -0.15) is 0 Å². The predicted molar refractivity (Wildman–Crippen MR) is 99.9 cm³/mol. The molecule has 7 heteroatoms. The Balaban J connectivity index is 2.34. The Kier molecular flexibility index (Phi) is 8.91. The number of hydrogen-bond acceptors (Lipinski definition) is 4. The molecular weight excluding hydrogens is 388 g/mol. The van der Waals surface area contributed by atoms with Crippen molar-refractivity contribution in [1.82, 2.24) is 10.6 Å². The van der Waals surface area contributed by atoms with E-state index in [1.165, 1.54) is 6.08 Å². The molecule has 0 unspecified atom stereocenters. The first kappa shape index (κ1) is 20.9. The molecule has 25 heavy (non-hydrogen) atoms. The molecule has 0 aromatic heterocycles. The fraction of sp³-hybridized carbons (Fsp3) is 0.389. The van der Waals surface area contributed by atoms with E-state index >= 15 is 0 Å². The van der Waals surface area contributed by atoms with Gasteiger partial charge in [-0.15, -0.1) is 0 Å². The quantitative estimate of drug-likeness (QED) is 0.533. The zero-order valence-electron chi connectivity index (χ0n) is 14.6. The van der Waals surface area contributed by atoms with Crippen molar-refractivity contribution < 1.29 is 19.1 Å². The third-order valence-corrected chi connectivity index (χ3v) is 3.85. The van der Waals surface area contributed by atoms with Gasteiger partial charge in [-0.3, -0.25) is 10.1 Å². The van der Waals surface area contributed by atoms with Crippen LogP contribution in [0.5, 0.6) is 0 Å². The highest BCUT2D eigenvalue weighted by Crippen LogP contribution is 2.19. The number of esters is 1. The molecule has 0 fully saturated rings. The number of benzene rings is 1. The second-order valence-electron chi connectivity index (χ2n) is 5.95. The zero-order valence-corrected chi connectivity index (χ0v) is 16.2. The van der Waals surface area contributed by atoms with Gasteiger partial charge in [0.05, 0.1) is 0 Å². The van der Waals surface area contributed by atoms with E-state index in [1.54, 1.807) is 6.08 Å². The number of hydrogen-bond donors (Lipinski definition) is 2. The summed E-state index contributed by atoms with van der Waals surface area (Å²) in [6.07, 6.45) is 3.63. The van der Waals surface area contributed by atoms with Crippen LogP contribution in [0, 0.1) is 12.8 Å². The van der Waals surface area contributed by atoms with Crippen molar-refractivity contribution in [2.24, 2.45) is 5.92 Å². The zero-order chi connectivity index (χ0) is 18.8. The molecule has 1 aromatic rings. The summed E-state index contributed by atoms with van der Waals surface area (Å²) in [5.41, 5.74) is 1.91. The van der Waals surface area contributed by atoms with E-state index in [2.05, 4.69) is 26.6 Å². The van der Waals surface area contributed by atoms with Crippen molar-refractivity contribution in [3.05, 3.63) is 39.9 Å². The molecule has 0 atom stereocenters. The normalized spacial score (nSPS) is 10.8. The summed E-state index contributed by atoms with van der Waals surface area (Å²) >= 11 is 3.40. The van der Waals surface area contributed by atoms with Crippen molar-refractivity contribution in [3.63, 3.8) is 0 Å². The summed E-state index contributed by atoms with van der Waals surface area (Å²) in [6.45, 7) is 5.99. The van der Waals surface area contributed by atoms with Gasteiger partial charge in [-0.25, -0.2) is 9.59 Å². The van der Waals surface area contributed by atoms with E-state index in [1.807, 2.05) is 39.0 Å². The highest BCUT2D eigenvalue weighted by atomic mass is 79.9. The van der Waals surface area contributed by atoms with Crippen LogP contribution in [0.2, 0.25) is 0 Å². The summed E-state index contributed by atoms with van der Waals surface area (Å²) in [4.78, 5) is 34.6. The molecule has 0 aliphatic heterocycles. The summed E-state index contributed by atoms with van der Waals surface area (Å²) < 4.78 is 5.65. The van der Waals surface area contributed by atoms with Crippen molar-refractivity contribution in [3.8, 4) is 0 Å². The molecule has 6 nitrogen and oxygen atoms in total. The molecule has 1 aromatic carbocycles. The number of carbonyl (C=O) groups excluding carboxylic acids is 3. The van der Waals surface area contributed by atoms with E-state index in [0.29, 0.717) is 12.5 Å². The molecule has 136 valence electrons. The van der Waals surface area contributed by atoms with E-state index in [4.69, 9.17) is 4.74 Å². The van der Waals surface area contributed by atoms with Crippen LogP contribution in [0.4, 0.5) is 4.79 Å². The summed E-state index contributed by atoms with van der Waals surface area (Å²) in [6, 6.07) is 5.11. The molecule has 0 heterocycles. The minimum Gasteiger partial charge on any atom is -0.452 e. The van der Waals surface area contributed by atoms with Crippen LogP contribution in [0.1, 0.15) is 31.4 Å². The Morgan fingerprint density at radius 1 is 1.28 bits per heavy atom. The van der Waals surface area contributed by atoms with E-state index < -0.39 is 24.5 Å². The Hall–Kier alpha value is -2.15. The number of ether oxygens (including phenoxy) is 1. The van der Waals surface area contributed by atoms with Crippen LogP contribution >= 0.6 is 15.9 Å². The van der Waals surface area contributed by atoms with Crippen molar-refractivity contribution >= 4 is 39.9 Å². The van der Waals surface area contributed by atoms with E-state index in [0.717, 1.165) is 22.0 Å². The third-order valence-electron chi connectivity index (χ3n) is 3.16. The first-order valence-corrected chi connectivity index (χ1v) is 8.76. The second kappa shape index (κ2) is 10.7. The molecule has 0 aliphatic rings. The SMILES string of the molecule is Cc1ccc(/C=C/C(=O)OCC(=O)NC(=O)NCCC(C)C)c(Br)c1. The molecule has 3 amide bonds. The smallest absolute Gasteiger partial charge is 0.331 e. The molecule has 0 saturated heterocycles. The number of imide groups is 1. The van der Waals surface area contributed by atoms with Gasteiger partial charge in [-0.05, 0) is 42.5 Å². The van der Waals surface area contributed by atoms with Gasteiger partial charge in [0.2, 0.25) is 0 Å². The van der Waals surface area contributed by atoms with Gasteiger partial charge >= 0.3 is 12.0 Å². The summed E-state index contributed by atoms with van der Waals surface area (Å²) in [5, 5.41) is 4.66. The molecule has 1 rings (SSSR count). The Morgan fingerprint density at radius 2 is 2.00 bits per heavy atom. The van der Waals surface area contributed by atoms with Crippen LogP contribution in [-0.2, 0) is 14.3 Å². The Bertz CT molecular complexity index is 656. The van der Waals surface area contributed by atoms with Crippen LogP contribution in [0.3, 0.4) is 0 Å². The van der Waals surface area contributed by atoms with Crippen LogP contribution < -0.4 is 10.6 Å². The number of nitrogens with one attached hydrogen (secondary N) is 2. The van der Waals surface area contributed by atoms with Crippen LogP contribution in [0.25, 0.3) is 6.08 Å².